The average molecular weight is 428 g/mol. The van der Waals surface area contributed by atoms with Gasteiger partial charge in [-0.1, -0.05) is 60.7 Å². The Morgan fingerprint density at radius 2 is 1.41 bits per heavy atom. The van der Waals surface area contributed by atoms with Crippen LogP contribution in [-0.4, -0.2) is 24.9 Å². The number of hydrogen-bond acceptors (Lipinski definition) is 3. The molecule has 0 bridgehead atoms. The highest BCUT2D eigenvalue weighted by atomic mass is 16.2. The first-order valence-corrected chi connectivity index (χ1v) is 10.9. The van der Waals surface area contributed by atoms with Crippen LogP contribution in [0.2, 0.25) is 0 Å². The van der Waals surface area contributed by atoms with Gasteiger partial charge in [-0.05, 0) is 55.3 Å². The SMILES string of the molecule is CCN(CC)c1ccc(/C=C(\NC(=O)c2ccccc2)C(=O)NCc2ccccc2)cc1. The first-order chi connectivity index (χ1) is 15.6. The summed E-state index contributed by atoms with van der Waals surface area (Å²) >= 11 is 0. The number of nitrogens with one attached hydrogen (secondary N) is 2. The molecule has 5 heteroatoms. The maximum atomic E-state index is 13.0. The van der Waals surface area contributed by atoms with Crippen molar-refractivity contribution in [1.29, 1.82) is 0 Å². The van der Waals surface area contributed by atoms with E-state index >= 15 is 0 Å². The van der Waals surface area contributed by atoms with Crippen molar-refractivity contribution in [1.82, 2.24) is 10.6 Å². The minimum Gasteiger partial charge on any atom is -0.372 e. The fourth-order valence-corrected chi connectivity index (χ4v) is 3.35. The zero-order valence-corrected chi connectivity index (χ0v) is 18.5. The van der Waals surface area contributed by atoms with E-state index in [9.17, 15) is 9.59 Å². The van der Waals surface area contributed by atoms with E-state index in [2.05, 4.69) is 29.4 Å². The molecule has 0 aliphatic heterocycles. The summed E-state index contributed by atoms with van der Waals surface area (Å²) in [6.45, 7) is 6.45. The Morgan fingerprint density at radius 1 is 0.812 bits per heavy atom. The van der Waals surface area contributed by atoms with Crippen LogP contribution >= 0.6 is 0 Å². The highest BCUT2D eigenvalue weighted by molar-refractivity contribution is 6.05. The molecule has 0 aliphatic carbocycles. The first kappa shape index (κ1) is 22.8. The lowest BCUT2D eigenvalue weighted by molar-refractivity contribution is -0.117. The maximum absolute atomic E-state index is 13.0. The van der Waals surface area contributed by atoms with Gasteiger partial charge in [0.15, 0.2) is 0 Å². The Balaban J connectivity index is 1.81. The summed E-state index contributed by atoms with van der Waals surface area (Å²) in [5.74, 6) is -0.669. The van der Waals surface area contributed by atoms with Gasteiger partial charge in [0, 0.05) is 30.9 Å². The lowest BCUT2D eigenvalue weighted by Crippen LogP contribution is -2.34. The van der Waals surface area contributed by atoms with E-state index in [0.717, 1.165) is 29.9 Å². The molecule has 0 heterocycles. The van der Waals surface area contributed by atoms with E-state index in [1.54, 1.807) is 30.3 Å². The van der Waals surface area contributed by atoms with Crippen molar-refractivity contribution in [2.45, 2.75) is 20.4 Å². The predicted octanol–water partition coefficient (Wildman–Crippen LogP) is 4.62. The van der Waals surface area contributed by atoms with Gasteiger partial charge in [0.2, 0.25) is 0 Å². The van der Waals surface area contributed by atoms with Crippen molar-refractivity contribution < 1.29 is 9.59 Å². The minimum absolute atomic E-state index is 0.199. The number of carbonyl (C=O) groups excluding carboxylic acids is 2. The fourth-order valence-electron chi connectivity index (χ4n) is 3.35. The monoisotopic (exact) mass is 427 g/mol. The fraction of sp³-hybridized carbons (Fsp3) is 0.185. The van der Waals surface area contributed by atoms with Crippen LogP contribution in [0.3, 0.4) is 0 Å². The molecule has 0 saturated carbocycles. The van der Waals surface area contributed by atoms with Gasteiger partial charge in [0.05, 0.1) is 0 Å². The van der Waals surface area contributed by atoms with Crippen LogP contribution < -0.4 is 15.5 Å². The molecule has 0 aromatic heterocycles. The van der Waals surface area contributed by atoms with E-state index in [4.69, 9.17) is 0 Å². The Kier molecular flexibility index (Phi) is 8.21. The zero-order chi connectivity index (χ0) is 22.8. The predicted molar refractivity (Wildman–Crippen MR) is 130 cm³/mol. The molecular formula is C27H29N3O2. The molecule has 5 nitrogen and oxygen atoms in total. The van der Waals surface area contributed by atoms with Crippen molar-refractivity contribution in [3.63, 3.8) is 0 Å². The Hall–Kier alpha value is -3.86. The summed E-state index contributed by atoms with van der Waals surface area (Å²) in [6.07, 6.45) is 1.70. The smallest absolute Gasteiger partial charge is 0.268 e. The molecule has 0 unspecified atom stereocenters. The molecule has 3 aromatic rings. The number of benzene rings is 3. The number of rotatable bonds is 9. The van der Waals surface area contributed by atoms with Crippen LogP contribution in [0, 0.1) is 0 Å². The van der Waals surface area contributed by atoms with E-state index < -0.39 is 0 Å². The van der Waals surface area contributed by atoms with E-state index in [1.165, 1.54) is 0 Å². The third kappa shape index (κ3) is 6.32. The minimum atomic E-state index is -0.342. The van der Waals surface area contributed by atoms with Gasteiger partial charge in [-0.2, -0.15) is 0 Å². The van der Waals surface area contributed by atoms with Crippen molar-refractivity contribution in [2.75, 3.05) is 18.0 Å². The number of carbonyl (C=O) groups is 2. The number of nitrogens with zero attached hydrogens (tertiary/aromatic N) is 1. The molecule has 3 aromatic carbocycles. The van der Waals surface area contributed by atoms with E-state index in [1.807, 2.05) is 60.7 Å². The van der Waals surface area contributed by atoms with Crippen molar-refractivity contribution in [3.05, 3.63) is 107 Å². The molecule has 0 atom stereocenters. The Bertz CT molecular complexity index is 1040. The van der Waals surface area contributed by atoms with Crippen molar-refractivity contribution >= 4 is 23.6 Å². The summed E-state index contributed by atoms with van der Waals surface area (Å²) < 4.78 is 0. The highest BCUT2D eigenvalue weighted by Crippen LogP contribution is 2.17. The molecule has 164 valence electrons. The second kappa shape index (κ2) is 11.5. The van der Waals surface area contributed by atoms with Gasteiger partial charge in [0.25, 0.3) is 11.8 Å². The van der Waals surface area contributed by atoms with Crippen LogP contribution in [0.4, 0.5) is 5.69 Å². The normalized spacial score (nSPS) is 11.0. The van der Waals surface area contributed by atoms with Gasteiger partial charge in [0.1, 0.15) is 5.70 Å². The third-order valence-corrected chi connectivity index (χ3v) is 5.16. The summed E-state index contributed by atoms with van der Waals surface area (Å²) in [7, 11) is 0. The molecule has 3 rings (SSSR count). The van der Waals surface area contributed by atoms with Crippen LogP contribution in [0.1, 0.15) is 35.3 Å². The zero-order valence-electron chi connectivity index (χ0n) is 18.5. The Labute approximate surface area is 189 Å². The largest absolute Gasteiger partial charge is 0.372 e. The van der Waals surface area contributed by atoms with Crippen molar-refractivity contribution in [3.8, 4) is 0 Å². The molecule has 2 amide bonds. The van der Waals surface area contributed by atoms with Gasteiger partial charge in [-0.15, -0.1) is 0 Å². The van der Waals surface area contributed by atoms with Crippen LogP contribution in [0.25, 0.3) is 6.08 Å². The van der Waals surface area contributed by atoms with E-state index in [-0.39, 0.29) is 17.5 Å². The standard InChI is InChI=1S/C27H29N3O2/c1-3-30(4-2)24-17-15-21(16-18-24)19-25(29-26(31)23-13-9-6-10-14-23)27(32)28-20-22-11-7-5-8-12-22/h5-19H,3-4,20H2,1-2H3,(H,28,32)(H,29,31)/b25-19-. The maximum Gasteiger partial charge on any atom is 0.268 e. The summed E-state index contributed by atoms with van der Waals surface area (Å²) in [5.41, 5.74) is 3.63. The second-order valence-corrected chi connectivity index (χ2v) is 7.31. The quantitative estimate of drug-likeness (QED) is 0.490. The molecular weight excluding hydrogens is 398 g/mol. The van der Waals surface area contributed by atoms with Crippen LogP contribution in [-0.2, 0) is 11.3 Å². The van der Waals surface area contributed by atoms with Gasteiger partial charge in [-0.3, -0.25) is 9.59 Å². The summed E-state index contributed by atoms with van der Waals surface area (Å²) in [4.78, 5) is 27.9. The first-order valence-electron chi connectivity index (χ1n) is 10.9. The summed E-state index contributed by atoms with van der Waals surface area (Å²) in [5, 5.41) is 5.67. The average Bonchev–Trinajstić information content (AvgIpc) is 2.85. The topological polar surface area (TPSA) is 61.4 Å². The third-order valence-electron chi connectivity index (χ3n) is 5.16. The molecule has 0 saturated heterocycles. The molecule has 0 fully saturated rings. The van der Waals surface area contributed by atoms with Crippen molar-refractivity contribution in [2.24, 2.45) is 0 Å². The lowest BCUT2D eigenvalue weighted by atomic mass is 10.1. The van der Waals surface area contributed by atoms with E-state index in [0.29, 0.717) is 12.1 Å². The number of anilines is 1. The molecule has 0 spiro atoms. The second-order valence-electron chi connectivity index (χ2n) is 7.31. The van der Waals surface area contributed by atoms with Gasteiger partial charge in [-0.25, -0.2) is 0 Å². The molecule has 0 aliphatic rings. The van der Waals surface area contributed by atoms with Gasteiger partial charge < -0.3 is 15.5 Å². The number of amides is 2. The molecule has 2 N–H and O–H groups in total. The summed E-state index contributed by atoms with van der Waals surface area (Å²) in [6, 6.07) is 26.5. The Morgan fingerprint density at radius 3 is 2.00 bits per heavy atom. The lowest BCUT2D eigenvalue weighted by Gasteiger charge is -2.21. The van der Waals surface area contributed by atoms with Crippen LogP contribution in [0.15, 0.2) is 90.6 Å². The molecule has 32 heavy (non-hydrogen) atoms. The van der Waals surface area contributed by atoms with Gasteiger partial charge >= 0.3 is 0 Å². The highest BCUT2D eigenvalue weighted by Gasteiger charge is 2.14. The number of hydrogen-bond donors (Lipinski definition) is 2. The van der Waals surface area contributed by atoms with Crippen LogP contribution in [0.5, 0.6) is 0 Å². The molecule has 0 radical (unpaired) electrons.